The van der Waals surface area contributed by atoms with E-state index in [-0.39, 0.29) is 0 Å². The lowest BCUT2D eigenvalue weighted by Gasteiger charge is -2.24. The Bertz CT molecular complexity index is 775. The van der Waals surface area contributed by atoms with Crippen LogP contribution < -0.4 is 10.4 Å². The van der Waals surface area contributed by atoms with E-state index in [9.17, 15) is 0 Å². The molecule has 0 fully saturated rings. The van der Waals surface area contributed by atoms with Gasteiger partial charge in [-0.05, 0) is 34.3 Å². The molecule has 0 nitrogen and oxygen atoms in total. The largest absolute Gasteiger partial charge is 0.106 e. The molecule has 0 aromatic heterocycles. The Morgan fingerprint density at radius 1 is 0.652 bits per heavy atom. The first-order valence-electron chi connectivity index (χ1n) is 8.38. The van der Waals surface area contributed by atoms with E-state index in [1.807, 2.05) is 0 Å². The molecule has 1 atom stereocenters. The minimum absolute atomic E-state index is 0.683. The highest BCUT2D eigenvalue weighted by atomic mass is 28.3. The molecular formula is C22H24Si. The molecule has 0 spiro atoms. The van der Waals surface area contributed by atoms with E-state index >= 15 is 0 Å². The van der Waals surface area contributed by atoms with Gasteiger partial charge >= 0.3 is 0 Å². The van der Waals surface area contributed by atoms with E-state index in [0.29, 0.717) is 5.54 Å². The molecule has 23 heavy (non-hydrogen) atoms. The average Bonchev–Trinajstić information content (AvgIpc) is 2.57. The van der Waals surface area contributed by atoms with Gasteiger partial charge in [0.1, 0.15) is 8.80 Å². The maximum atomic E-state index is 2.37. The number of aryl methyl sites for hydroxylation is 1. The van der Waals surface area contributed by atoms with Crippen molar-refractivity contribution < 1.29 is 0 Å². The van der Waals surface area contributed by atoms with Gasteiger partial charge in [-0.25, -0.2) is 0 Å². The Kier molecular flexibility index (Phi) is 4.78. The van der Waals surface area contributed by atoms with Crippen molar-refractivity contribution in [3.63, 3.8) is 0 Å². The van der Waals surface area contributed by atoms with Gasteiger partial charge in [-0.15, -0.1) is 0 Å². The fraction of sp³-hybridized carbons (Fsp3) is 0.182. The molecule has 0 amide bonds. The van der Waals surface area contributed by atoms with Crippen LogP contribution in [0.2, 0.25) is 5.54 Å². The Hall–Kier alpha value is -2.12. The van der Waals surface area contributed by atoms with Crippen LogP contribution >= 0.6 is 0 Å². The van der Waals surface area contributed by atoms with Crippen molar-refractivity contribution in [2.75, 3.05) is 0 Å². The van der Waals surface area contributed by atoms with E-state index in [1.54, 1.807) is 5.19 Å². The molecular weight excluding hydrogens is 292 g/mol. The lowest BCUT2D eigenvalue weighted by Crippen LogP contribution is -2.45. The van der Waals surface area contributed by atoms with Crippen molar-refractivity contribution in [2.24, 2.45) is 0 Å². The van der Waals surface area contributed by atoms with Crippen LogP contribution in [0.1, 0.15) is 19.4 Å². The SMILES string of the molecule is Cc1ccccc1-c1ccccc1[SiH](c1ccccc1)C(C)C. The van der Waals surface area contributed by atoms with Crippen molar-refractivity contribution in [2.45, 2.75) is 26.3 Å². The lowest BCUT2D eigenvalue weighted by molar-refractivity contribution is 1.05. The third-order valence-electron chi connectivity index (χ3n) is 4.56. The first-order chi connectivity index (χ1) is 11.2. The van der Waals surface area contributed by atoms with Gasteiger partial charge in [-0.2, -0.15) is 0 Å². The van der Waals surface area contributed by atoms with Gasteiger partial charge < -0.3 is 0 Å². The number of rotatable bonds is 4. The van der Waals surface area contributed by atoms with Crippen LogP contribution in [-0.2, 0) is 0 Å². The van der Waals surface area contributed by atoms with E-state index in [4.69, 9.17) is 0 Å². The van der Waals surface area contributed by atoms with Crippen LogP contribution in [-0.4, -0.2) is 8.80 Å². The summed E-state index contributed by atoms with van der Waals surface area (Å²) in [5, 5.41) is 3.09. The molecule has 1 heteroatoms. The number of hydrogen-bond acceptors (Lipinski definition) is 0. The molecule has 0 radical (unpaired) electrons. The Morgan fingerprint density at radius 2 is 1.22 bits per heavy atom. The number of hydrogen-bond donors (Lipinski definition) is 0. The highest BCUT2D eigenvalue weighted by molar-refractivity contribution is 6.87. The summed E-state index contributed by atoms with van der Waals surface area (Å²) in [5.41, 5.74) is 4.82. The van der Waals surface area contributed by atoms with Gasteiger partial charge in [-0.3, -0.25) is 0 Å². The fourth-order valence-corrected chi connectivity index (χ4v) is 6.86. The van der Waals surface area contributed by atoms with Crippen LogP contribution in [0.3, 0.4) is 0 Å². The minimum Gasteiger partial charge on any atom is -0.0648 e. The molecule has 0 N–H and O–H groups in total. The minimum atomic E-state index is -1.25. The molecule has 3 aromatic carbocycles. The maximum absolute atomic E-state index is 2.37. The molecule has 0 bridgehead atoms. The summed E-state index contributed by atoms with van der Waals surface area (Å²) < 4.78 is 0. The zero-order valence-electron chi connectivity index (χ0n) is 14.2. The second kappa shape index (κ2) is 6.97. The summed E-state index contributed by atoms with van der Waals surface area (Å²) in [6, 6.07) is 28.8. The summed E-state index contributed by atoms with van der Waals surface area (Å²) in [5.74, 6) is 0. The normalized spacial score (nSPS) is 12.3. The predicted octanol–water partition coefficient (Wildman–Crippen LogP) is 4.41. The summed E-state index contributed by atoms with van der Waals surface area (Å²) in [4.78, 5) is 0. The third-order valence-corrected chi connectivity index (χ3v) is 8.17. The van der Waals surface area contributed by atoms with Crippen LogP contribution in [0.25, 0.3) is 11.1 Å². The van der Waals surface area contributed by atoms with Gasteiger partial charge in [0.15, 0.2) is 0 Å². The predicted molar refractivity (Wildman–Crippen MR) is 105 cm³/mol. The summed E-state index contributed by atoms with van der Waals surface area (Å²) in [6.07, 6.45) is 0. The fourth-order valence-electron chi connectivity index (χ4n) is 3.47. The molecule has 1 unspecified atom stereocenters. The first kappa shape index (κ1) is 15.8. The Labute approximate surface area is 141 Å². The van der Waals surface area contributed by atoms with E-state index in [2.05, 4.69) is 99.6 Å². The lowest BCUT2D eigenvalue weighted by atomic mass is 10.0. The van der Waals surface area contributed by atoms with Gasteiger partial charge in [0.05, 0.1) is 0 Å². The third kappa shape index (κ3) is 3.30. The second-order valence-electron chi connectivity index (χ2n) is 6.53. The van der Waals surface area contributed by atoms with Crippen LogP contribution in [0.15, 0.2) is 78.9 Å². The molecule has 0 heterocycles. The molecule has 116 valence electrons. The molecule has 0 saturated carbocycles. The number of benzene rings is 3. The van der Waals surface area contributed by atoms with Gasteiger partial charge in [0, 0.05) is 0 Å². The average molecular weight is 317 g/mol. The summed E-state index contributed by atoms with van der Waals surface area (Å²) >= 11 is 0. The molecule has 0 aliphatic heterocycles. The summed E-state index contributed by atoms with van der Waals surface area (Å²) in [7, 11) is -1.25. The van der Waals surface area contributed by atoms with Gasteiger partial charge in [0.25, 0.3) is 0 Å². The van der Waals surface area contributed by atoms with Crippen molar-refractivity contribution in [1.29, 1.82) is 0 Å². The quantitative estimate of drug-likeness (QED) is 0.625. The van der Waals surface area contributed by atoms with Crippen LogP contribution in [0.4, 0.5) is 0 Å². The van der Waals surface area contributed by atoms with Gasteiger partial charge in [-0.1, -0.05) is 97.9 Å². The first-order valence-corrected chi connectivity index (χ1v) is 10.2. The monoisotopic (exact) mass is 316 g/mol. The maximum Gasteiger partial charge on any atom is 0.106 e. The molecule has 0 aliphatic rings. The van der Waals surface area contributed by atoms with Crippen LogP contribution in [0, 0.1) is 6.92 Å². The highest BCUT2D eigenvalue weighted by Gasteiger charge is 2.23. The Morgan fingerprint density at radius 3 is 1.87 bits per heavy atom. The molecule has 3 rings (SSSR count). The van der Waals surface area contributed by atoms with Crippen molar-refractivity contribution in [3.05, 3.63) is 84.4 Å². The Balaban J connectivity index is 2.18. The van der Waals surface area contributed by atoms with Gasteiger partial charge in [0.2, 0.25) is 0 Å². The van der Waals surface area contributed by atoms with E-state index in [1.165, 1.54) is 21.9 Å². The topological polar surface area (TPSA) is 0 Å². The summed E-state index contributed by atoms with van der Waals surface area (Å²) in [6.45, 7) is 6.96. The van der Waals surface area contributed by atoms with E-state index < -0.39 is 8.80 Å². The smallest absolute Gasteiger partial charge is 0.0648 e. The molecule has 3 aromatic rings. The van der Waals surface area contributed by atoms with E-state index in [0.717, 1.165) is 0 Å². The van der Waals surface area contributed by atoms with Crippen LogP contribution in [0.5, 0.6) is 0 Å². The standard InChI is InChI=1S/C22H24Si/c1-17(2)23(19-12-5-4-6-13-19)22-16-10-9-15-21(22)20-14-8-7-11-18(20)3/h4-17,23H,1-3H3. The molecule has 0 saturated heterocycles. The van der Waals surface area contributed by atoms with Crippen molar-refractivity contribution in [1.82, 2.24) is 0 Å². The zero-order chi connectivity index (χ0) is 16.2. The van der Waals surface area contributed by atoms with Crippen molar-refractivity contribution >= 4 is 19.2 Å². The highest BCUT2D eigenvalue weighted by Crippen LogP contribution is 2.23. The van der Waals surface area contributed by atoms with Crippen molar-refractivity contribution in [3.8, 4) is 11.1 Å². The zero-order valence-corrected chi connectivity index (χ0v) is 15.3. The second-order valence-corrected chi connectivity index (χ2v) is 10.1. The molecule has 0 aliphatic carbocycles.